The fraction of sp³-hybridized carbons (Fsp3) is 0.533. The number of carbonyl (C=O) groups is 1. The number of carbonyl (C=O) groups excluding carboxylic acids is 1. The molecule has 23 heavy (non-hydrogen) atoms. The van der Waals surface area contributed by atoms with Gasteiger partial charge in [0.2, 0.25) is 5.91 Å². The molecule has 1 amide bonds. The first kappa shape index (κ1) is 18.5. The minimum atomic E-state index is -3.00. The van der Waals surface area contributed by atoms with Crippen molar-refractivity contribution in [3.63, 3.8) is 0 Å². The summed E-state index contributed by atoms with van der Waals surface area (Å²) in [6, 6.07) is 4.69. The van der Waals surface area contributed by atoms with Gasteiger partial charge >= 0.3 is 0 Å². The molecule has 1 aliphatic heterocycles. The highest BCUT2D eigenvalue weighted by atomic mass is 35.5. The molecule has 1 aromatic rings. The molecule has 1 N–H and O–H groups in total. The zero-order valence-corrected chi connectivity index (χ0v) is 15.4. The smallest absolute Gasteiger partial charge is 0.237 e. The molecule has 0 aromatic heterocycles. The van der Waals surface area contributed by atoms with E-state index in [1.54, 1.807) is 19.1 Å². The Morgan fingerprint density at radius 3 is 2.65 bits per heavy atom. The average molecular weight is 379 g/mol. The molecule has 1 aliphatic rings. The van der Waals surface area contributed by atoms with E-state index < -0.39 is 9.84 Å². The molecular weight excluding hydrogens is 359 g/mol. The predicted molar refractivity (Wildman–Crippen MR) is 92.6 cm³/mol. The van der Waals surface area contributed by atoms with Crippen LogP contribution in [0.5, 0.6) is 0 Å². The largest absolute Gasteiger partial charge is 0.351 e. The van der Waals surface area contributed by atoms with Crippen molar-refractivity contribution in [3.8, 4) is 0 Å². The van der Waals surface area contributed by atoms with Crippen LogP contribution in [0.2, 0.25) is 10.0 Å². The van der Waals surface area contributed by atoms with Gasteiger partial charge in [0, 0.05) is 12.6 Å². The molecule has 5 nitrogen and oxygen atoms in total. The van der Waals surface area contributed by atoms with Gasteiger partial charge in [0.25, 0.3) is 0 Å². The Labute approximate surface area is 146 Å². The highest BCUT2D eigenvalue weighted by molar-refractivity contribution is 7.91. The van der Waals surface area contributed by atoms with Gasteiger partial charge in [0.05, 0.1) is 27.6 Å². The van der Waals surface area contributed by atoms with Gasteiger partial charge in [0.15, 0.2) is 9.84 Å². The van der Waals surface area contributed by atoms with E-state index in [0.29, 0.717) is 23.0 Å². The maximum Gasteiger partial charge on any atom is 0.237 e. The van der Waals surface area contributed by atoms with Crippen LogP contribution in [-0.4, -0.2) is 49.9 Å². The summed E-state index contributed by atoms with van der Waals surface area (Å²) in [4.78, 5) is 14.1. The van der Waals surface area contributed by atoms with Gasteiger partial charge in [-0.15, -0.1) is 0 Å². The number of hydrogen-bond acceptors (Lipinski definition) is 4. The predicted octanol–water partition coefficient (Wildman–Crippen LogP) is 2.12. The van der Waals surface area contributed by atoms with Crippen LogP contribution in [0.3, 0.4) is 0 Å². The summed E-state index contributed by atoms with van der Waals surface area (Å²) in [6.45, 7) is 2.32. The summed E-state index contributed by atoms with van der Waals surface area (Å²) >= 11 is 11.9. The first-order valence-corrected chi connectivity index (χ1v) is 9.90. The van der Waals surface area contributed by atoms with Crippen molar-refractivity contribution >= 4 is 38.9 Å². The van der Waals surface area contributed by atoms with Crippen LogP contribution in [0.1, 0.15) is 18.9 Å². The number of hydrogen-bond donors (Lipinski definition) is 1. The van der Waals surface area contributed by atoms with Crippen LogP contribution < -0.4 is 5.32 Å². The number of rotatable bonds is 5. The molecule has 0 saturated carbocycles. The highest BCUT2D eigenvalue weighted by Crippen LogP contribution is 2.23. The maximum atomic E-state index is 12.3. The third kappa shape index (κ3) is 5.08. The molecule has 128 valence electrons. The fourth-order valence-corrected chi connectivity index (χ4v) is 4.49. The van der Waals surface area contributed by atoms with Gasteiger partial charge in [-0.3, -0.25) is 9.69 Å². The third-order valence-corrected chi connectivity index (χ3v) is 6.54. The lowest BCUT2D eigenvalue weighted by molar-refractivity contribution is -0.126. The van der Waals surface area contributed by atoms with Gasteiger partial charge in [-0.25, -0.2) is 8.42 Å². The molecule has 1 fully saturated rings. The maximum absolute atomic E-state index is 12.3. The monoisotopic (exact) mass is 378 g/mol. The molecule has 1 heterocycles. The molecular formula is C15H20Cl2N2O3S. The zero-order chi connectivity index (χ0) is 17.2. The van der Waals surface area contributed by atoms with Gasteiger partial charge < -0.3 is 5.32 Å². The zero-order valence-electron chi connectivity index (χ0n) is 13.1. The Morgan fingerprint density at radius 2 is 2.09 bits per heavy atom. The van der Waals surface area contributed by atoms with Gasteiger partial charge in [0.1, 0.15) is 0 Å². The fourth-order valence-electron chi connectivity index (χ4n) is 2.49. The summed E-state index contributed by atoms with van der Waals surface area (Å²) in [5.41, 5.74) is 0.949. The van der Waals surface area contributed by atoms with Crippen LogP contribution >= 0.6 is 23.2 Å². The Balaban J connectivity index is 1.92. The van der Waals surface area contributed by atoms with Crippen LogP contribution in [0.15, 0.2) is 18.2 Å². The molecule has 0 aliphatic carbocycles. The average Bonchev–Trinajstić information content (AvgIpc) is 2.81. The first-order valence-electron chi connectivity index (χ1n) is 7.33. The van der Waals surface area contributed by atoms with E-state index in [4.69, 9.17) is 23.2 Å². The number of amides is 1. The Hall–Kier alpha value is -0.820. The summed E-state index contributed by atoms with van der Waals surface area (Å²) < 4.78 is 22.9. The van der Waals surface area contributed by atoms with E-state index in [0.717, 1.165) is 5.56 Å². The van der Waals surface area contributed by atoms with Crippen molar-refractivity contribution in [2.75, 3.05) is 18.6 Å². The molecule has 2 rings (SSSR count). The number of nitrogens with zero attached hydrogens (tertiary/aromatic N) is 1. The van der Waals surface area contributed by atoms with Crippen molar-refractivity contribution in [1.29, 1.82) is 0 Å². The molecule has 1 saturated heterocycles. The lowest BCUT2D eigenvalue weighted by Crippen LogP contribution is -2.47. The number of halogens is 2. The molecule has 0 bridgehead atoms. The Morgan fingerprint density at radius 1 is 1.39 bits per heavy atom. The van der Waals surface area contributed by atoms with Crippen LogP contribution in [0.25, 0.3) is 0 Å². The standard InChI is InChI=1S/C15H20Cl2N2O3S/c1-10(15(20)18-12-5-6-23(21,22)9-12)19(2)8-11-3-4-13(16)14(17)7-11/h3-4,7,10,12H,5-6,8-9H2,1-2H3,(H,18,20)/t10-,12-/m0/s1. The van der Waals surface area contributed by atoms with Crippen molar-refractivity contribution in [3.05, 3.63) is 33.8 Å². The first-order chi connectivity index (χ1) is 10.7. The van der Waals surface area contributed by atoms with E-state index >= 15 is 0 Å². The van der Waals surface area contributed by atoms with Crippen LogP contribution in [0.4, 0.5) is 0 Å². The van der Waals surface area contributed by atoms with Gasteiger partial charge in [-0.1, -0.05) is 29.3 Å². The Bertz CT molecular complexity index is 694. The topological polar surface area (TPSA) is 66.5 Å². The van der Waals surface area contributed by atoms with Crippen molar-refractivity contribution in [1.82, 2.24) is 10.2 Å². The minimum Gasteiger partial charge on any atom is -0.351 e. The SMILES string of the molecule is C[C@@H](C(=O)N[C@H]1CCS(=O)(=O)C1)N(C)Cc1ccc(Cl)c(Cl)c1. The lowest BCUT2D eigenvalue weighted by atomic mass is 10.1. The van der Waals surface area contributed by atoms with E-state index in [1.165, 1.54) is 0 Å². The highest BCUT2D eigenvalue weighted by Gasteiger charge is 2.30. The second kappa shape index (κ2) is 7.38. The number of likely N-dealkylation sites (N-methyl/N-ethyl adjacent to an activating group) is 1. The van der Waals surface area contributed by atoms with E-state index in [2.05, 4.69) is 5.32 Å². The molecule has 0 radical (unpaired) electrons. The summed E-state index contributed by atoms with van der Waals surface area (Å²) in [6.07, 6.45) is 0.483. The van der Waals surface area contributed by atoms with Crippen molar-refractivity contribution in [2.45, 2.75) is 32.0 Å². The van der Waals surface area contributed by atoms with Crippen LogP contribution in [-0.2, 0) is 21.2 Å². The van der Waals surface area contributed by atoms with E-state index in [-0.39, 0.29) is 29.5 Å². The van der Waals surface area contributed by atoms with E-state index in [9.17, 15) is 13.2 Å². The minimum absolute atomic E-state index is 0.0297. The Kier molecular flexibility index (Phi) is 5.94. The normalized spacial score (nSPS) is 21.3. The summed E-state index contributed by atoms with van der Waals surface area (Å²) in [5.74, 6) is 0.00240. The molecule has 0 spiro atoms. The number of nitrogens with one attached hydrogen (secondary N) is 1. The van der Waals surface area contributed by atoms with Crippen molar-refractivity contribution in [2.24, 2.45) is 0 Å². The molecule has 8 heteroatoms. The van der Waals surface area contributed by atoms with Gasteiger partial charge in [-0.05, 0) is 38.1 Å². The van der Waals surface area contributed by atoms with Crippen molar-refractivity contribution < 1.29 is 13.2 Å². The van der Waals surface area contributed by atoms with Crippen LogP contribution in [0, 0.1) is 0 Å². The van der Waals surface area contributed by atoms with Gasteiger partial charge in [-0.2, -0.15) is 0 Å². The van der Waals surface area contributed by atoms with E-state index in [1.807, 2.05) is 18.0 Å². The summed E-state index contributed by atoms with van der Waals surface area (Å²) in [5, 5.41) is 3.78. The number of sulfone groups is 1. The molecule has 0 unspecified atom stereocenters. The second-order valence-corrected chi connectivity index (χ2v) is 8.99. The summed E-state index contributed by atoms with van der Waals surface area (Å²) in [7, 11) is -1.17. The quantitative estimate of drug-likeness (QED) is 0.851. The third-order valence-electron chi connectivity index (χ3n) is 4.04. The molecule has 2 atom stereocenters. The molecule has 1 aromatic carbocycles. The lowest BCUT2D eigenvalue weighted by Gasteiger charge is -2.25. The number of benzene rings is 1. The second-order valence-electron chi connectivity index (χ2n) is 5.95.